The second-order valence-corrected chi connectivity index (χ2v) is 11.1. The molecule has 0 aromatic heterocycles. The maximum absolute atomic E-state index is 6.54. The standard InChI is InChI=1S/C47H48BNO/c1-12-23-26-30-36(17-6)38(18-7)47(39(28-15-4)37-31-27-29-35(16-5)34-37)49-42(20-9)46-45(22-11)50-44(21-10)41(32-24-13-2)48(46)40(19-8)43(49)33-25-14-3/h12-15,17-34H,1-4,6-8,10-11,16H2,5,9H3/b26-23-,32-24-,33-25-,36-30+,39-28-,42-20+,47-38-. The quantitative estimate of drug-likeness (QED) is 0.123. The fourth-order valence-electron chi connectivity index (χ4n) is 6.17. The molecule has 3 rings (SSSR count). The Morgan fingerprint density at radius 3 is 2.02 bits per heavy atom. The molecule has 3 heteroatoms. The molecule has 0 fully saturated rings. The van der Waals surface area contributed by atoms with Crippen molar-refractivity contribution in [1.29, 1.82) is 0 Å². The van der Waals surface area contributed by atoms with Crippen molar-refractivity contribution in [2.45, 2.75) is 20.3 Å². The molecule has 0 unspecified atom stereocenters. The van der Waals surface area contributed by atoms with Crippen molar-refractivity contribution in [3.05, 3.63) is 260 Å². The van der Waals surface area contributed by atoms with Crippen molar-refractivity contribution < 1.29 is 4.74 Å². The van der Waals surface area contributed by atoms with Crippen LogP contribution in [0.25, 0.3) is 5.57 Å². The Morgan fingerprint density at radius 1 is 0.760 bits per heavy atom. The fourth-order valence-corrected chi connectivity index (χ4v) is 6.17. The molecule has 0 amide bonds. The normalized spacial score (nSPS) is 16.8. The molecule has 0 bridgehead atoms. The van der Waals surface area contributed by atoms with Gasteiger partial charge in [-0.2, -0.15) is 0 Å². The van der Waals surface area contributed by atoms with Crippen molar-refractivity contribution in [3.63, 3.8) is 0 Å². The molecule has 2 aliphatic rings. The zero-order valence-corrected chi connectivity index (χ0v) is 29.7. The van der Waals surface area contributed by atoms with Gasteiger partial charge in [-0.15, -0.1) is 0 Å². The van der Waals surface area contributed by atoms with Gasteiger partial charge in [-0.3, -0.25) is 0 Å². The van der Waals surface area contributed by atoms with Gasteiger partial charge in [0.25, 0.3) is 6.71 Å². The first-order valence-corrected chi connectivity index (χ1v) is 16.6. The van der Waals surface area contributed by atoms with E-state index >= 15 is 0 Å². The van der Waals surface area contributed by atoms with E-state index in [4.69, 9.17) is 4.74 Å². The number of aryl methyl sites for hydroxylation is 1. The van der Waals surface area contributed by atoms with Gasteiger partial charge < -0.3 is 9.64 Å². The topological polar surface area (TPSA) is 12.5 Å². The van der Waals surface area contributed by atoms with E-state index in [0.717, 1.165) is 62.2 Å². The smallest absolute Gasteiger partial charge is 0.256 e. The zero-order chi connectivity index (χ0) is 36.6. The van der Waals surface area contributed by atoms with Crippen LogP contribution in [0.4, 0.5) is 0 Å². The highest BCUT2D eigenvalue weighted by atomic mass is 16.5. The molecule has 0 atom stereocenters. The molecule has 1 aromatic rings. The monoisotopic (exact) mass is 653 g/mol. The Hall–Kier alpha value is -6.06. The minimum absolute atomic E-state index is 0.265. The molecule has 0 spiro atoms. The van der Waals surface area contributed by atoms with Crippen LogP contribution < -0.4 is 0 Å². The highest BCUT2D eigenvalue weighted by Gasteiger charge is 2.44. The summed E-state index contributed by atoms with van der Waals surface area (Å²) in [4.78, 5) is 2.25. The molecule has 0 radical (unpaired) electrons. The molecule has 2 aliphatic heterocycles. The van der Waals surface area contributed by atoms with Crippen LogP contribution in [-0.4, -0.2) is 11.6 Å². The Balaban J connectivity index is 2.78. The van der Waals surface area contributed by atoms with Crippen LogP contribution in [-0.2, 0) is 11.2 Å². The zero-order valence-electron chi connectivity index (χ0n) is 29.7. The van der Waals surface area contributed by atoms with Gasteiger partial charge in [0.15, 0.2) is 0 Å². The number of rotatable bonds is 17. The molecule has 0 aliphatic carbocycles. The third-order valence-corrected chi connectivity index (χ3v) is 8.32. The van der Waals surface area contributed by atoms with E-state index in [1.54, 1.807) is 30.4 Å². The van der Waals surface area contributed by atoms with E-state index in [2.05, 4.69) is 107 Å². The molecule has 0 N–H and O–H groups in total. The minimum Gasteiger partial charge on any atom is -0.458 e. The highest BCUT2D eigenvalue weighted by Crippen LogP contribution is 2.48. The van der Waals surface area contributed by atoms with Crippen molar-refractivity contribution in [3.8, 4) is 0 Å². The molecular formula is C47H48BNO. The van der Waals surface area contributed by atoms with Crippen molar-refractivity contribution in [1.82, 2.24) is 4.90 Å². The van der Waals surface area contributed by atoms with E-state index in [1.807, 2.05) is 73.8 Å². The van der Waals surface area contributed by atoms with Gasteiger partial charge in [-0.25, -0.2) is 0 Å². The van der Waals surface area contributed by atoms with Crippen molar-refractivity contribution in [2.24, 2.45) is 0 Å². The molecule has 2 heterocycles. The summed E-state index contributed by atoms with van der Waals surface area (Å²) in [6.07, 6.45) is 35.0. The lowest BCUT2D eigenvalue weighted by Crippen LogP contribution is -2.41. The predicted octanol–water partition coefficient (Wildman–Crippen LogP) is 12.3. The molecule has 50 heavy (non-hydrogen) atoms. The molecule has 250 valence electrons. The van der Waals surface area contributed by atoms with E-state index in [0.29, 0.717) is 11.5 Å². The van der Waals surface area contributed by atoms with Gasteiger partial charge in [0.2, 0.25) is 0 Å². The van der Waals surface area contributed by atoms with Crippen LogP contribution >= 0.6 is 0 Å². The van der Waals surface area contributed by atoms with Crippen molar-refractivity contribution in [2.75, 3.05) is 0 Å². The molecule has 0 saturated heterocycles. The van der Waals surface area contributed by atoms with Crippen LogP contribution in [0.15, 0.2) is 249 Å². The summed E-state index contributed by atoms with van der Waals surface area (Å²) in [6, 6.07) is 8.58. The van der Waals surface area contributed by atoms with Gasteiger partial charge in [0.1, 0.15) is 11.5 Å². The number of fused-ring (bicyclic) bond motifs is 1. The van der Waals surface area contributed by atoms with Gasteiger partial charge in [0.05, 0.1) is 5.70 Å². The average molecular weight is 654 g/mol. The SMILES string of the molecule is C=C\C=C/C=C(C=C)/C(C=C)=C(/C(=C\C=C)c1cccc(CC)c1)N1C(/C=C\C=C)=C(C=C)B2C(/C=C\C=C)=C(C=C)OC(C=C)=C2/C1=C\C. The van der Waals surface area contributed by atoms with Crippen molar-refractivity contribution >= 4 is 12.3 Å². The second kappa shape index (κ2) is 19.1. The van der Waals surface area contributed by atoms with Gasteiger partial charge >= 0.3 is 0 Å². The molecular weight excluding hydrogens is 605 g/mol. The summed E-state index contributed by atoms with van der Waals surface area (Å²) < 4.78 is 6.54. The first-order chi connectivity index (χ1) is 24.4. The predicted molar refractivity (Wildman–Crippen MR) is 222 cm³/mol. The molecule has 1 aromatic carbocycles. The number of benzene rings is 1. The third kappa shape index (κ3) is 7.97. The van der Waals surface area contributed by atoms with Crippen LogP contribution in [0.5, 0.6) is 0 Å². The number of hydrogen-bond donors (Lipinski definition) is 0. The number of nitrogens with zero attached hydrogens (tertiary/aromatic N) is 1. The Kier molecular flexibility index (Phi) is 14.6. The summed E-state index contributed by atoms with van der Waals surface area (Å²) in [7, 11) is 0. The van der Waals surface area contributed by atoms with E-state index in [-0.39, 0.29) is 6.71 Å². The summed E-state index contributed by atoms with van der Waals surface area (Å²) >= 11 is 0. The van der Waals surface area contributed by atoms with Gasteiger partial charge in [0, 0.05) is 22.5 Å². The maximum atomic E-state index is 6.54. The number of hydrogen-bond acceptors (Lipinski definition) is 2. The maximum Gasteiger partial charge on any atom is 0.256 e. The fraction of sp³-hybridized carbons (Fsp3) is 0.0638. The number of ether oxygens (including phenoxy) is 1. The molecule has 0 saturated carbocycles. The van der Waals surface area contributed by atoms with E-state index in [1.165, 1.54) is 5.56 Å². The second-order valence-electron chi connectivity index (χ2n) is 11.1. The lowest BCUT2D eigenvalue weighted by Gasteiger charge is -2.44. The van der Waals surface area contributed by atoms with Crippen LogP contribution in [0.2, 0.25) is 0 Å². The Labute approximate surface area is 301 Å². The van der Waals surface area contributed by atoms with E-state index in [9.17, 15) is 0 Å². The molecule has 2 nitrogen and oxygen atoms in total. The third-order valence-electron chi connectivity index (χ3n) is 8.32. The Bertz CT molecular complexity index is 1920. The summed E-state index contributed by atoms with van der Waals surface area (Å²) in [6.45, 7) is 41.0. The number of allylic oxidation sites excluding steroid dienone is 24. The lowest BCUT2D eigenvalue weighted by atomic mass is 9.32. The first-order valence-electron chi connectivity index (χ1n) is 16.6. The van der Waals surface area contributed by atoms with Crippen LogP contribution in [0.3, 0.4) is 0 Å². The Morgan fingerprint density at radius 2 is 1.46 bits per heavy atom. The van der Waals surface area contributed by atoms with Crippen LogP contribution in [0, 0.1) is 0 Å². The highest BCUT2D eigenvalue weighted by molar-refractivity contribution is 6.83. The first kappa shape index (κ1) is 38.4. The minimum atomic E-state index is -0.265. The van der Waals surface area contributed by atoms with Gasteiger partial charge in [-0.05, 0) is 64.7 Å². The lowest BCUT2D eigenvalue weighted by molar-refractivity contribution is 0.328. The van der Waals surface area contributed by atoms with Crippen LogP contribution in [0.1, 0.15) is 25.0 Å². The van der Waals surface area contributed by atoms with E-state index < -0.39 is 0 Å². The summed E-state index contributed by atoms with van der Waals surface area (Å²) in [5.41, 5.74) is 10.3. The summed E-state index contributed by atoms with van der Waals surface area (Å²) in [5, 5.41) is 0. The summed E-state index contributed by atoms with van der Waals surface area (Å²) in [5.74, 6) is 1.26. The largest absolute Gasteiger partial charge is 0.458 e. The average Bonchev–Trinajstić information content (AvgIpc) is 3.15. The van der Waals surface area contributed by atoms with Gasteiger partial charge in [-0.1, -0.05) is 182 Å².